The maximum absolute atomic E-state index is 13.7. The smallest absolute Gasteiger partial charge is 0.351 e. The Kier molecular flexibility index (Phi) is 7.89. The van der Waals surface area contributed by atoms with Gasteiger partial charge in [0.15, 0.2) is 0 Å². The second kappa shape index (κ2) is 11.0. The zero-order chi connectivity index (χ0) is 27.5. The van der Waals surface area contributed by atoms with Gasteiger partial charge >= 0.3 is 6.18 Å². The third kappa shape index (κ3) is 6.05. The SMILES string of the molecule is CC(=O)N1CCN(S(=O)(=O)c2cccc(-c3ccccc3)c2)C(C(=O)NCc2ccc(C(F)(F)F)cc2)C1. The van der Waals surface area contributed by atoms with E-state index < -0.39 is 33.7 Å². The molecule has 0 radical (unpaired) electrons. The first kappa shape index (κ1) is 27.3. The van der Waals surface area contributed by atoms with Crippen LogP contribution >= 0.6 is 0 Å². The average molecular weight is 546 g/mol. The quantitative estimate of drug-likeness (QED) is 0.509. The Balaban J connectivity index is 1.57. The number of carbonyl (C=O) groups is 2. The van der Waals surface area contributed by atoms with Gasteiger partial charge in [0, 0.05) is 33.1 Å². The minimum absolute atomic E-state index is 0.00988. The number of rotatable bonds is 6. The molecule has 38 heavy (non-hydrogen) atoms. The van der Waals surface area contributed by atoms with Gasteiger partial charge in [-0.3, -0.25) is 9.59 Å². The van der Waals surface area contributed by atoms with Crippen molar-refractivity contribution < 1.29 is 31.2 Å². The highest BCUT2D eigenvalue weighted by Gasteiger charge is 2.41. The molecule has 1 heterocycles. The van der Waals surface area contributed by atoms with Crippen LogP contribution in [0.2, 0.25) is 0 Å². The van der Waals surface area contributed by atoms with Crippen molar-refractivity contribution in [3.05, 3.63) is 90.0 Å². The number of nitrogens with zero attached hydrogens (tertiary/aromatic N) is 2. The lowest BCUT2D eigenvalue weighted by molar-refractivity contribution is -0.138. The Morgan fingerprint density at radius 3 is 2.21 bits per heavy atom. The second-order valence-corrected chi connectivity index (χ2v) is 10.8. The standard InChI is InChI=1S/C27H26F3N3O4S/c1-19(34)32-14-15-33(38(36,37)24-9-5-8-22(16-24)21-6-3-2-4-7-21)25(18-32)26(35)31-17-20-10-12-23(13-11-20)27(28,29)30/h2-13,16,25H,14-15,17-18H2,1H3,(H,31,35). The molecule has 1 fully saturated rings. The van der Waals surface area contributed by atoms with E-state index in [2.05, 4.69) is 5.32 Å². The highest BCUT2D eigenvalue weighted by atomic mass is 32.2. The number of piperazine rings is 1. The highest BCUT2D eigenvalue weighted by molar-refractivity contribution is 7.89. The van der Waals surface area contributed by atoms with E-state index in [9.17, 15) is 31.2 Å². The molecule has 0 aliphatic carbocycles. The predicted molar refractivity (Wildman–Crippen MR) is 135 cm³/mol. The van der Waals surface area contributed by atoms with Gasteiger partial charge in [-0.05, 0) is 41.0 Å². The first-order valence-electron chi connectivity index (χ1n) is 11.8. The third-order valence-electron chi connectivity index (χ3n) is 6.37. The summed E-state index contributed by atoms with van der Waals surface area (Å²) >= 11 is 0. The molecule has 0 spiro atoms. The molecule has 1 saturated heterocycles. The zero-order valence-corrected chi connectivity index (χ0v) is 21.3. The number of benzene rings is 3. The van der Waals surface area contributed by atoms with Gasteiger partial charge in [0.2, 0.25) is 21.8 Å². The van der Waals surface area contributed by atoms with Crippen molar-refractivity contribution in [1.82, 2.24) is 14.5 Å². The lowest BCUT2D eigenvalue weighted by atomic mass is 10.1. The van der Waals surface area contributed by atoms with Gasteiger partial charge in [-0.2, -0.15) is 17.5 Å². The number of sulfonamides is 1. The summed E-state index contributed by atoms with van der Waals surface area (Å²) in [7, 11) is -4.13. The summed E-state index contributed by atoms with van der Waals surface area (Å²) in [6.45, 7) is 1.12. The van der Waals surface area contributed by atoms with Gasteiger partial charge in [-0.1, -0.05) is 54.6 Å². The van der Waals surface area contributed by atoms with Crippen LogP contribution in [0.4, 0.5) is 13.2 Å². The number of carbonyl (C=O) groups excluding carboxylic acids is 2. The molecule has 1 aliphatic rings. The number of alkyl halides is 3. The largest absolute Gasteiger partial charge is 0.416 e. The summed E-state index contributed by atoms with van der Waals surface area (Å²) < 4.78 is 67.0. The molecular weight excluding hydrogens is 519 g/mol. The molecule has 0 saturated carbocycles. The van der Waals surface area contributed by atoms with Crippen LogP contribution in [0.1, 0.15) is 18.1 Å². The normalized spacial score (nSPS) is 16.7. The minimum atomic E-state index is -4.48. The molecular formula is C27H26F3N3O4S. The van der Waals surface area contributed by atoms with Crippen LogP contribution in [-0.2, 0) is 32.3 Å². The molecule has 1 N–H and O–H groups in total. The maximum atomic E-state index is 13.7. The third-order valence-corrected chi connectivity index (χ3v) is 8.28. The summed E-state index contributed by atoms with van der Waals surface area (Å²) in [6.07, 6.45) is -4.48. The van der Waals surface area contributed by atoms with E-state index in [1.54, 1.807) is 18.2 Å². The van der Waals surface area contributed by atoms with Gasteiger partial charge in [-0.15, -0.1) is 0 Å². The number of nitrogens with one attached hydrogen (secondary N) is 1. The van der Waals surface area contributed by atoms with E-state index in [1.807, 2.05) is 30.3 Å². The van der Waals surface area contributed by atoms with E-state index >= 15 is 0 Å². The summed E-state index contributed by atoms with van der Waals surface area (Å²) in [5.41, 5.74) is 1.12. The molecule has 1 unspecified atom stereocenters. The lowest BCUT2D eigenvalue weighted by Gasteiger charge is -2.39. The van der Waals surface area contributed by atoms with Gasteiger partial charge in [0.05, 0.1) is 10.5 Å². The Morgan fingerprint density at radius 1 is 0.921 bits per heavy atom. The van der Waals surface area contributed by atoms with E-state index in [4.69, 9.17) is 0 Å². The fourth-order valence-corrected chi connectivity index (χ4v) is 5.89. The fraction of sp³-hybridized carbons (Fsp3) is 0.259. The van der Waals surface area contributed by atoms with Crippen molar-refractivity contribution in [2.75, 3.05) is 19.6 Å². The van der Waals surface area contributed by atoms with Crippen LogP contribution in [0, 0.1) is 0 Å². The second-order valence-electron chi connectivity index (χ2n) is 8.90. The molecule has 3 aromatic rings. The average Bonchev–Trinajstić information content (AvgIpc) is 2.91. The zero-order valence-electron chi connectivity index (χ0n) is 20.5. The van der Waals surface area contributed by atoms with Crippen molar-refractivity contribution >= 4 is 21.8 Å². The van der Waals surface area contributed by atoms with Crippen molar-refractivity contribution in [1.29, 1.82) is 0 Å². The maximum Gasteiger partial charge on any atom is 0.416 e. The first-order chi connectivity index (χ1) is 18.0. The monoisotopic (exact) mass is 545 g/mol. The van der Waals surface area contributed by atoms with E-state index in [1.165, 1.54) is 30.0 Å². The predicted octanol–water partition coefficient (Wildman–Crippen LogP) is 3.91. The van der Waals surface area contributed by atoms with Gasteiger partial charge < -0.3 is 10.2 Å². The molecule has 2 amide bonds. The topological polar surface area (TPSA) is 86.8 Å². The number of hydrogen-bond donors (Lipinski definition) is 1. The Morgan fingerprint density at radius 2 is 1.58 bits per heavy atom. The molecule has 0 bridgehead atoms. The summed E-state index contributed by atoms with van der Waals surface area (Å²) in [5, 5.41) is 2.61. The van der Waals surface area contributed by atoms with Crippen LogP contribution in [0.25, 0.3) is 11.1 Å². The summed E-state index contributed by atoms with van der Waals surface area (Å²) in [5.74, 6) is -0.952. The van der Waals surface area contributed by atoms with Gasteiger partial charge in [-0.25, -0.2) is 8.42 Å². The fourth-order valence-electron chi connectivity index (χ4n) is 4.27. The minimum Gasteiger partial charge on any atom is -0.351 e. The summed E-state index contributed by atoms with van der Waals surface area (Å²) in [4.78, 5) is 26.6. The summed E-state index contributed by atoms with van der Waals surface area (Å²) in [6, 6.07) is 18.8. The first-order valence-corrected chi connectivity index (χ1v) is 13.3. The molecule has 3 aromatic carbocycles. The van der Waals surface area contributed by atoms with Crippen molar-refractivity contribution in [3.63, 3.8) is 0 Å². The van der Waals surface area contributed by atoms with E-state index in [0.717, 1.165) is 22.0 Å². The number of hydrogen-bond acceptors (Lipinski definition) is 4. The Bertz CT molecular complexity index is 1410. The molecule has 0 aromatic heterocycles. The molecule has 11 heteroatoms. The van der Waals surface area contributed by atoms with Crippen molar-refractivity contribution in [2.24, 2.45) is 0 Å². The van der Waals surface area contributed by atoms with Gasteiger partial charge in [0.25, 0.3) is 0 Å². The van der Waals surface area contributed by atoms with Crippen LogP contribution in [0.3, 0.4) is 0 Å². The molecule has 1 aliphatic heterocycles. The van der Waals surface area contributed by atoms with E-state index in [0.29, 0.717) is 11.1 Å². The lowest BCUT2D eigenvalue weighted by Crippen LogP contribution is -2.61. The molecule has 1 atom stereocenters. The molecule has 200 valence electrons. The number of halogens is 3. The van der Waals surface area contributed by atoms with Crippen LogP contribution in [-0.4, -0.2) is 55.1 Å². The Hall–Kier alpha value is -3.70. The van der Waals surface area contributed by atoms with E-state index in [-0.39, 0.29) is 37.0 Å². The van der Waals surface area contributed by atoms with Crippen molar-refractivity contribution in [3.8, 4) is 11.1 Å². The van der Waals surface area contributed by atoms with Crippen LogP contribution in [0.5, 0.6) is 0 Å². The highest BCUT2D eigenvalue weighted by Crippen LogP contribution is 2.29. The number of amides is 2. The van der Waals surface area contributed by atoms with Crippen LogP contribution in [0.15, 0.2) is 83.8 Å². The van der Waals surface area contributed by atoms with Crippen molar-refractivity contribution in [2.45, 2.75) is 30.6 Å². The molecule has 7 nitrogen and oxygen atoms in total. The van der Waals surface area contributed by atoms with Gasteiger partial charge in [0.1, 0.15) is 6.04 Å². The molecule has 4 rings (SSSR count). The van der Waals surface area contributed by atoms with Crippen LogP contribution < -0.4 is 5.32 Å². The Labute approximate surface area is 218 Å².